The predicted octanol–water partition coefficient (Wildman–Crippen LogP) is 4.74. The molecule has 6 nitrogen and oxygen atoms in total. The molecule has 3 aromatic carbocycles. The monoisotopic (exact) mass is 452 g/mol. The number of halogens is 1. The first kappa shape index (κ1) is 20.3. The molecule has 146 valence electrons. The molecule has 0 bridgehead atoms. The number of esters is 1. The number of hydrogen-bond donors (Lipinski definition) is 2. The van der Waals surface area contributed by atoms with Gasteiger partial charge in [-0.2, -0.15) is 0 Å². The molecule has 2 N–H and O–H groups in total. The average molecular weight is 453 g/mol. The Morgan fingerprint density at radius 1 is 0.724 bits per heavy atom. The summed E-state index contributed by atoms with van der Waals surface area (Å²) in [6.07, 6.45) is 0. The molecule has 0 radical (unpaired) electrons. The van der Waals surface area contributed by atoms with E-state index < -0.39 is 5.97 Å². The van der Waals surface area contributed by atoms with Crippen molar-refractivity contribution in [2.75, 3.05) is 17.7 Å². The second-order valence-corrected chi connectivity index (χ2v) is 6.98. The number of rotatable bonds is 5. The van der Waals surface area contributed by atoms with Crippen LogP contribution in [-0.4, -0.2) is 24.9 Å². The lowest BCUT2D eigenvalue weighted by atomic mass is 10.1. The summed E-state index contributed by atoms with van der Waals surface area (Å²) in [7, 11) is 1.30. The van der Waals surface area contributed by atoms with Crippen molar-refractivity contribution in [3.05, 3.63) is 94.0 Å². The van der Waals surface area contributed by atoms with Crippen molar-refractivity contribution in [2.24, 2.45) is 0 Å². The van der Waals surface area contributed by atoms with E-state index in [4.69, 9.17) is 0 Å². The Labute approximate surface area is 176 Å². The minimum atomic E-state index is -0.480. The topological polar surface area (TPSA) is 84.5 Å². The first-order chi connectivity index (χ1) is 14.0. The molecule has 0 aliphatic heterocycles. The number of methoxy groups -OCH3 is 1. The molecule has 0 heterocycles. The largest absolute Gasteiger partial charge is 0.465 e. The molecule has 29 heavy (non-hydrogen) atoms. The van der Waals surface area contributed by atoms with Gasteiger partial charge in [-0.3, -0.25) is 9.59 Å². The second kappa shape index (κ2) is 9.16. The van der Waals surface area contributed by atoms with Crippen molar-refractivity contribution in [1.82, 2.24) is 0 Å². The molecule has 2 amide bonds. The van der Waals surface area contributed by atoms with Gasteiger partial charge in [-0.25, -0.2) is 4.79 Å². The molecule has 0 saturated heterocycles. The zero-order valence-corrected chi connectivity index (χ0v) is 17.0. The number of benzene rings is 3. The summed E-state index contributed by atoms with van der Waals surface area (Å²) in [5.41, 5.74) is 2.33. The number of carbonyl (C=O) groups excluding carboxylic acids is 3. The lowest BCUT2D eigenvalue weighted by Gasteiger charge is -2.09. The Morgan fingerprint density at radius 3 is 1.86 bits per heavy atom. The van der Waals surface area contributed by atoms with Crippen molar-refractivity contribution in [3.63, 3.8) is 0 Å². The van der Waals surface area contributed by atoms with Gasteiger partial charge in [0.1, 0.15) is 0 Å². The fraction of sp³-hybridized carbons (Fsp3) is 0.0455. The van der Waals surface area contributed by atoms with Crippen LogP contribution < -0.4 is 10.6 Å². The maximum absolute atomic E-state index is 12.4. The van der Waals surface area contributed by atoms with E-state index in [-0.39, 0.29) is 11.8 Å². The molecule has 0 spiro atoms. The van der Waals surface area contributed by atoms with Crippen LogP contribution in [0.5, 0.6) is 0 Å². The maximum atomic E-state index is 12.4. The number of carbonyl (C=O) groups is 3. The number of amides is 2. The summed E-state index contributed by atoms with van der Waals surface area (Å²) in [4.78, 5) is 36.3. The zero-order chi connectivity index (χ0) is 20.8. The third-order valence-electron chi connectivity index (χ3n) is 4.05. The van der Waals surface area contributed by atoms with E-state index in [2.05, 4.69) is 31.3 Å². The van der Waals surface area contributed by atoms with Gasteiger partial charge in [0.15, 0.2) is 0 Å². The molecular weight excluding hydrogens is 436 g/mol. The molecule has 0 unspecified atom stereocenters. The van der Waals surface area contributed by atoms with Gasteiger partial charge < -0.3 is 15.4 Å². The van der Waals surface area contributed by atoms with Crippen molar-refractivity contribution >= 4 is 45.1 Å². The summed E-state index contributed by atoms with van der Waals surface area (Å²) < 4.78 is 5.57. The minimum absolute atomic E-state index is 0.241. The SMILES string of the molecule is COC(=O)c1cccc(NC(=O)c2ccc(NC(=O)c3ccc(Br)cc3)cc2)c1. The Hall–Kier alpha value is -3.45. The van der Waals surface area contributed by atoms with Crippen LogP contribution in [0, 0.1) is 0 Å². The standard InChI is InChI=1S/C22H17BrN2O4/c1-29-22(28)16-3-2-4-19(13-16)25-21(27)15-7-11-18(12-8-15)24-20(26)14-5-9-17(23)10-6-14/h2-13H,1H3,(H,24,26)(H,25,27). The van der Waals surface area contributed by atoms with Crippen molar-refractivity contribution in [2.45, 2.75) is 0 Å². The van der Waals surface area contributed by atoms with Crippen LogP contribution in [0.3, 0.4) is 0 Å². The van der Waals surface area contributed by atoms with Crippen molar-refractivity contribution in [3.8, 4) is 0 Å². The summed E-state index contributed by atoms with van der Waals surface area (Å²) in [5.74, 6) is -1.06. The van der Waals surface area contributed by atoms with Crippen molar-refractivity contribution < 1.29 is 19.1 Å². The molecule has 0 aromatic heterocycles. The third kappa shape index (κ3) is 5.30. The van der Waals surface area contributed by atoms with Gasteiger partial charge in [0.05, 0.1) is 12.7 Å². The fourth-order valence-electron chi connectivity index (χ4n) is 2.55. The molecule has 3 aromatic rings. The molecule has 0 atom stereocenters. The zero-order valence-electron chi connectivity index (χ0n) is 15.4. The van der Waals surface area contributed by atoms with Gasteiger partial charge in [0.2, 0.25) is 0 Å². The Balaban J connectivity index is 1.65. The van der Waals surface area contributed by atoms with Crippen LogP contribution >= 0.6 is 15.9 Å². The highest BCUT2D eigenvalue weighted by Gasteiger charge is 2.10. The van der Waals surface area contributed by atoms with Crippen molar-refractivity contribution in [1.29, 1.82) is 0 Å². The quantitative estimate of drug-likeness (QED) is 0.547. The van der Waals surface area contributed by atoms with E-state index in [1.54, 1.807) is 66.7 Å². The predicted molar refractivity (Wildman–Crippen MR) is 114 cm³/mol. The van der Waals surface area contributed by atoms with Gasteiger partial charge in [-0.15, -0.1) is 0 Å². The number of ether oxygens (including phenoxy) is 1. The maximum Gasteiger partial charge on any atom is 0.337 e. The van der Waals surface area contributed by atoms with E-state index in [1.807, 2.05) is 0 Å². The van der Waals surface area contributed by atoms with Crippen LogP contribution in [0.25, 0.3) is 0 Å². The molecule has 3 rings (SSSR count). The van der Waals surface area contributed by atoms with Gasteiger partial charge in [-0.1, -0.05) is 22.0 Å². The summed E-state index contributed by atoms with van der Waals surface area (Å²) in [5, 5.41) is 5.51. The molecule has 0 saturated carbocycles. The van der Waals surface area contributed by atoms with E-state index in [0.29, 0.717) is 28.1 Å². The fourth-order valence-corrected chi connectivity index (χ4v) is 2.82. The highest BCUT2D eigenvalue weighted by atomic mass is 79.9. The normalized spacial score (nSPS) is 10.1. The third-order valence-corrected chi connectivity index (χ3v) is 4.58. The van der Waals surface area contributed by atoms with Crippen LogP contribution in [0.4, 0.5) is 11.4 Å². The summed E-state index contributed by atoms with van der Waals surface area (Å²) >= 11 is 3.33. The molecule has 7 heteroatoms. The molecule has 0 aliphatic carbocycles. The molecule has 0 aliphatic rings. The lowest BCUT2D eigenvalue weighted by molar-refractivity contribution is 0.0600. The summed E-state index contributed by atoms with van der Waals surface area (Å²) in [6, 6.07) is 20.0. The van der Waals surface area contributed by atoms with Crippen LogP contribution in [0.15, 0.2) is 77.3 Å². The van der Waals surface area contributed by atoms with Gasteiger partial charge in [0, 0.05) is 27.0 Å². The van der Waals surface area contributed by atoms with Gasteiger partial charge >= 0.3 is 5.97 Å². The average Bonchev–Trinajstić information content (AvgIpc) is 2.74. The smallest absolute Gasteiger partial charge is 0.337 e. The number of hydrogen-bond acceptors (Lipinski definition) is 4. The van der Waals surface area contributed by atoms with Crippen LogP contribution in [-0.2, 0) is 4.74 Å². The van der Waals surface area contributed by atoms with E-state index >= 15 is 0 Å². The first-order valence-corrected chi connectivity index (χ1v) is 9.42. The van der Waals surface area contributed by atoms with E-state index in [1.165, 1.54) is 13.2 Å². The summed E-state index contributed by atoms with van der Waals surface area (Å²) in [6.45, 7) is 0. The highest BCUT2D eigenvalue weighted by Crippen LogP contribution is 2.16. The van der Waals surface area contributed by atoms with Crippen LogP contribution in [0.1, 0.15) is 31.1 Å². The number of nitrogens with one attached hydrogen (secondary N) is 2. The molecular formula is C22H17BrN2O4. The Morgan fingerprint density at radius 2 is 1.28 bits per heavy atom. The first-order valence-electron chi connectivity index (χ1n) is 8.63. The van der Waals surface area contributed by atoms with E-state index in [9.17, 15) is 14.4 Å². The number of anilines is 2. The highest BCUT2D eigenvalue weighted by molar-refractivity contribution is 9.10. The molecule has 0 fully saturated rings. The lowest BCUT2D eigenvalue weighted by Crippen LogP contribution is -2.14. The Kier molecular flexibility index (Phi) is 6.41. The van der Waals surface area contributed by atoms with Crippen LogP contribution in [0.2, 0.25) is 0 Å². The van der Waals surface area contributed by atoms with E-state index in [0.717, 1.165) is 4.47 Å². The Bertz CT molecular complexity index is 1050. The van der Waals surface area contributed by atoms with Gasteiger partial charge in [0.25, 0.3) is 11.8 Å². The second-order valence-electron chi connectivity index (χ2n) is 6.06. The minimum Gasteiger partial charge on any atom is -0.465 e. The van der Waals surface area contributed by atoms with Gasteiger partial charge in [-0.05, 0) is 66.7 Å².